The number of nitro groups is 1. The molecule has 10 nitrogen and oxygen atoms in total. The van der Waals surface area contributed by atoms with E-state index in [1.807, 2.05) is 0 Å². The predicted molar refractivity (Wildman–Crippen MR) is 89.4 cm³/mol. The Bertz CT molecular complexity index is 535. The number of carbonyl (C=O) groups excluding carboxylic acids is 1. The summed E-state index contributed by atoms with van der Waals surface area (Å²) in [4.78, 5) is 21.8. The molecule has 26 heavy (non-hydrogen) atoms. The molecule has 0 saturated carbocycles. The first-order chi connectivity index (χ1) is 12.6. The molecule has 0 aromatic heterocycles. The fourth-order valence-electron chi connectivity index (χ4n) is 1.72. The van der Waals surface area contributed by atoms with Crippen molar-refractivity contribution < 1.29 is 38.1 Å². The fraction of sp³-hybridized carbons (Fsp3) is 0.562. The molecule has 0 aliphatic heterocycles. The Balaban J connectivity index is 2.41. The van der Waals surface area contributed by atoms with Gasteiger partial charge in [0, 0.05) is 26.4 Å². The maximum atomic E-state index is 11.7. The normalized spacial score (nSPS) is 11.8. The number of benzene rings is 1. The molecule has 0 fully saturated rings. The SMILES string of the molecule is COCCOCC(COC(=O)Oc1ccc([N+](=O)[O-])cc1)OCCOC. The van der Waals surface area contributed by atoms with Crippen LogP contribution in [0.1, 0.15) is 0 Å². The molecule has 0 spiro atoms. The second-order valence-electron chi connectivity index (χ2n) is 4.97. The summed E-state index contributed by atoms with van der Waals surface area (Å²) in [6, 6.07) is 5.06. The third-order valence-electron chi connectivity index (χ3n) is 3.01. The highest BCUT2D eigenvalue weighted by atomic mass is 16.7. The van der Waals surface area contributed by atoms with Gasteiger partial charge in [0.1, 0.15) is 18.5 Å². The average molecular weight is 373 g/mol. The monoisotopic (exact) mass is 373 g/mol. The molecule has 10 heteroatoms. The van der Waals surface area contributed by atoms with Crippen molar-refractivity contribution in [1.29, 1.82) is 0 Å². The largest absolute Gasteiger partial charge is 0.513 e. The molecule has 0 heterocycles. The van der Waals surface area contributed by atoms with E-state index in [1.165, 1.54) is 24.3 Å². The first kappa shape index (κ1) is 21.8. The van der Waals surface area contributed by atoms with Gasteiger partial charge in [-0.05, 0) is 12.1 Å². The Labute approximate surface area is 151 Å². The van der Waals surface area contributed by atoms with Crippen LogP contribution in [0.15, 0.2) is 24.3 Å². The molecule has 0 aliphatic rings. The highest BCUT2D eigenvalue weighted by Gasteiger charge is 2.15. The number of nitrogens with zero attached hydrogens (tertiary/aromatic N) is 1. The van der Waals surface area contributed by atoms with E-state index in [0.717, 1.165) is 0 Å². The van der Waals surface area contributed by atoms with Crippen LogP contribution >= 0.6 is 0 Å². The van der Waals surface area contributed by atoms with Gasteiger partial charge in [0.2, 0.25) is 0 Å². The molecule has 0 amide bonds. The lowest BCUT2D eigenvalue weighted by Crippen LogP contribution is -2.29. The summed E-state index contributed by atoms with van der Waals surface area (Å²) >= 11 is 0. The minimum Gasteiger partial charge on any atom is -0.431 e. The van der Waals surface area contributed by atoms with Gasteiger partial charge in [-0.2, -0.15) is 0 Å². The van der Waals surface area contributed by atoms with Crippen molar-refractivity contribution in [3.63, 3.8) is 0 Å². The van der Waals surface area contributed by atoms with Gasteiger partial charge in [0.15, 0.2) is 0 Å². The zero-order valence-electron chi connectivity index (χ0n) is 14.8. The second kappa shape index (κ2) is 13.0. The van der Waals surface area contributed by atoms with E-state index in [-0.39, 0.29) is 24.7 Å². The van der Waals surface area contributed by atoms with E-state index in [0.29, 0.717) is 26.4 Å². The summed E-state index contributed by atoms with van der Waals surface area (Å²) in [6.07, 6.45) is -1.44. The first-order valence-electron chi connectivity index (χ1n) is 7.83. The zero-order valence-corrected chi connectivity index (χ0v) is 14.8. The van der Waals surface area contributed by atoms with E-state index < -0.39 is 17.2 Å². The molecule has 1 aromatic carbocycles. The standard InChI is InChI=1S/C16H23NO9/c1-21-7-9-23-11-15(24-10-8-22-2)12-25-16(18)26-14-5-3-13(4-6-14)17(19)20/h3-6,15H,7-12H2,1-2H3. The van der Waals surface area contributed by atoms with Crippen LogP contribution in [-0.4, -0.2) is 71.0 Å². The van der Waals surface area contributed by atoms with Gasteiger partial charge >= 0.3 is 6.16 Å². The van der Waals surface area contributed by atoms with Gasteiger partial charge in [-0.3, -0.25) is 10.1 Å². The Morgan fingerprint density at radius 2 is 1.69 bits per heavy atom. The molecule has 0 radical (unpaired) electrons. The highest BCUT2D eigenvalue weighted by molar-refractivity contribution is 5.64. The number of hydrogen-bond acceptors (Lipinski definition) is 9. The lowest BCUT2D eigenvalue weighted by molar-refractivity contribution is -0.384. The van der Waals surface area contributed by atoms with Crippen molar-refractivity contribution >= 4 is 11.8 Å². The molecule has 0 N–H and O–H groups in total. The number of non-ortho nitro benzene ring substituents is 1. The van der Waals surface area contributed by atoms with Crippen LogP contribution in [0.2, 0.25) is 0 Å². The summed E-state index contributed by atoms with van der Waals surface area (Å²) in [6.45, 7) is 1.65. The van der Waals surface area contributed by atoms with Crippen molar-refractivity contribution in [2.45, 2.75) is 6.10 Å². The maximum absolute atomic E-state index is 11.7. The molecular formula is C16H23NO9. The minimum absolute atomic E-state index is 0.0808. The van der Waals surface area contributed by atoms with Crippen LogP contribution < -0.4 is 4.74 Å². The lowest BCUT2D eigenvalue weighted by atomic mass is 10.3. The quantitative estimate of drug-likeness (QED) is 0.168. The number of hydrogen-bond donors (Lipinski definition) is 0. The Kier molecular flexibility index (Phi) is 10.9. The van der Waals surface area contributed by atoms with Crippen molar-refractivity contribution in [3.05, 3.63) is 34.4 Å². The van der Waals surface area contributed by atoms with E-state index >= 15 is 0 Å². The molecular weight excluding hydrogens is 350 g/mol. The first-order valence-corrected chi connectivity index (χ1v) is 7.83. The summed E-state index contributed by atoms with van der Waals surface area (Å²) < 4.78 is 30.6. The average Bonchev–Trinajstić information content (AvgIpc) is 2.63. The summed E-state index contributed by atoms with van der Waals surface area (Å²) in [5.41, 5.74) is -0.106. The lowest BCUT2D eigenvalue weighted by Gasteiger charge is -2.17. The van der Waals surface area contributed by atoms with Gasteiger partial charge in [-0.25, -0.2) is 4.79 Å². The molecule has 1 unspecified atom stereocenters. The van der Waals surface area contributed by atoms with E-state index in [1.54, 1.807) is 14.2 Å². The molecule has 0 bridgehead atoms. The van der Waals surface area contributed by atoms with Crippen molar-refractivity contribution in [2.24, 2.45) is 0 Å². The van der Waals surface area contributed by atoms with Gasteiger partial charge in [-0.15, -0.1) is 0 Å². The number of nitro benzene ring substituents is 1. The van der Waals surface area contributed by atoms with Crippen molar-refractivity contribution in [2.75, 3.05) is 53.9 Å². The van der Waals surface area contributed by atoms with E-state index in [9.17, 15) is 14.9 Å². The van der Waals surface area contributed by atoms with E-state index in [2.05, 4.69) is 0 Å². The minimum atomic E-state index is -0.948. The zero-order chi connectivity index (χ0) is 19.2. The Hall–Kier alpha value is -2.27. The third kappa shape index (κ3) is 9.28. The number of rotatable bonds is 13. The van der Waals surface area contributed by atoms with Gasteiger partial charge in [0.05, 0.1) is 38.0 Å². The molecule has 1 atom stereocenters. The summed E-state index contributed by atoms with van der Waals surface area (Å²) in [5, 5.41) is 10.6. The van der Waals surface area contributed by atoms with Crippen molar-refractivity contribution in [1.82, 2.24) is 0 Å². The third-order valence-corrected chi connectivity index (χ3v) is 3.01. The van der Waals surface area contributed by atoms with Gasteiger partial charge < -0.3 is 28.4 Å². The molecule has 1 aromatic rings. The van der Waals surface area contributed by atoms with Gasteiger partial charge in [-0.1, -0.05) is 0 Å². The molecule has 0 aliphatic carbocycles. The smallest absolute Gasteiger partial charge is 0.431 e. The van der Waals surface area contributed by atoms with Crippen molar-refractivity contribution in [3.8, 4) is 5.75 Å². The van der Waals surface area contributed by atoms with Gasteiger partial charge in [0.25, 0.3) is 5.69 Å². The fourth-order valence-corrected chi connectivity index (χ4v) is 1.72. The molecule has 146 valence electrons. The molecule has 1 rings (SSSR count). The second-order valence-corrected chi connectivity index (χ2v) is 4.97. The number of carbonyl (C=O) groups is 1. The molecule has 0 saturated heterocycles. The van der Waals surface area contributed by atoms with Crippen LogP contribution in [0.3, 0.4) is 0 Å². The predicted octanol–water partition coefficient (Wildman–Crippen LogP) is 1.80. The summed E-state index contributed by atoms with van der Waals surface area (Å²) in [7, 11) is 3.11. The number of ether oxygens (including phenoxy) is 6. The number of methoxy groups -OCH3 is 2. The highest BCUT2D eigenvalue weighted by Crippen LogP contribution is 2.17. The maximum Gasteiger partial charge on any atom is 0.513 e. The van der Waals surface area contributed by atoms with Crippen LogP contribution in [0.25, 0.3) is 0 Å². The Morgan fingerprint density at radius 1 is 1.04 bits per heavy atom. The topological polar surface area (TPSA) is 116 Å². The van der Waals surface area contributed by atoms with E-state index in [4.69, 9.17) is 28.4 Å². The van der Waals surface area contributed by atoms with Crippen LogP contribution in [0.4, 0.5) is 10.5 Å². The van der Waals surface area contributed by atoms with Crippen LogP contribution in [-0.2, 0) is 23.7 Å². The Morgan fingerprint density at radius 3 is 2.31 bits per heavy atom. The van der Waals surface area contributed by atoms with Crippen LogP contribution in [0.5, 0.6) is 5.75 Å². The van der Waals surface area contributed by atoms with Crippen LogP contribution in [0, 0.1) is 10.1 Å². The summed E-state index contributed by atoms with van der Waals surface area (Å²) in [5.74, 6) is 0.133.